The number of carbonyl (C=O) groups is 2. The lowest BCUT2D eigenvalue weighted by Crippen LogP contribution is -2.64. The molecule has 2 aromatic heterocycles. The highest BCUT2D eigenvalue weighted by Gasteiger charge is 2.53. The van der Waals surface area contributed by atoms with E-state index < -0.39 is 5.54 Å². The van der Waals surface area contributed by atoms with Gasteiger partial charge < -0.3 is 14.8 Å². The minimum Gasteiger partial charge on any atom is -0.351 e. The number of amides is 2. The van der Waals surface area contributed by atoms with Gasteiger partial charge in [0.05, 0.1) is 16.8 Å². The number of thiophene rings is 1. The Labute approximate surface area is 232 Å². The van der Waals surface area contributed by atoms with E-state index in [-0.39, 0.29) is 17.9 Å². The first-order valence-corrected chi connectivity index (χ1v) is 14.7. The Morgan fingerprint density at radius 3 is 2.50 bits per heavy atom. The van der Waals surface area contributed by atoms with Crippen molar-refractivity contribution in [1.29, 1.82) is 0 Å². The first kappa shape index (κ1) is 25.2. The lowest BCUT2D eigenvalue weighted by atomic mass is 9.83. The number of carbonyl (C=O) groups excluding carboxylic acids is 2. The van der Waals surface area contributed by atoms with Gasteiger partial charge in [0.1, 0.15) is 5.69 Å². The summed E-state index contributed by atoms with van der Waals surface area (Å²) in [6.07, 6.45) is 6.34. The zero-order valence-electron chi connectivity index (χ0n) is 21.6. The molecule has 2 amide bonds. The number of halogens is 1. The number of hydrogen-bond donors (Lipinski definition) is 1. The fraction of sp³-hybridized carbons (Fsp3) is 0.355. The highest BCUT2D eigenvalue weighted by atomic mass is 35.5. The van der Waals surface area contributed by atoms with Crippen molar-refractivity contribution in [3.8, 4) is 0 Å². The summed E-state index contributed by atoms with van der Waals surface area (Å²) in [4.78, 5) is 32.1. The van der Waals surface area contributed by atoms with Crippen molar-refractivity contribution in [3.63, 3.8) is 0 Å². The molecule has 1 saturated carbocycles. The molecule has 1 atom stereocenters. The van der Waals surface area contributed by atoms with Crippen molar-refractivity contribution in [2.24, 2.45) is 0 Å². The Balaban J connectivity index is 1.53. The third kappa shape index (κ3) is 4.34. The molecule has 4 aromatic rings. The standard InChI is InChI=1S/C31H32ClN3O2S/c1-2-25-17-26-28(38-25)18-27-29(36)35(19-21-13-15-23(32)16-14-21)31(20-34(26)27,22-9-5-3-6-10-22)30(37)33-24-11-7-4-8-12-24/h3,5-6,9-10,13-18,24H,2,4,7-8,11-12,19-20H2,1H3,(H,33,37)/t31-/m1/s1. The van der Waals surface area contributed by atoms with E-state index in [1.165, 1.54) is 11.3 Å². The van der Waals surface area contributed by atoms with Gasteiger partial charge in [-0.25, -0.2) is 0 Å². The SMILES string of the molecule is CCc1cc2c(cc3n2C[C@](C(=O)NC2CCCCC2)(c2ccccc2)N(Cc2ccc(Cl)cc2)C3=O)s1. The van der Waals surface area contributed by atoms with E-state index in [9.17, 15) is 9.59 Å². The second-order valence-corrected chi connectivity index (χ2v) is 12.1. The Kier molecular flexibility index (Phi) is 6.79. The van der Waals surface area contributed by atoms with E-state index in [0.717, 1.165) is 53.4 Å². The van der Waals surface area contributed by atoms with Crippen LogP contribution in [0.3, 0.4) is 0 Å². The van der Waals surface area contributed by atoms with Crippen LogP contribution in [0.2, 0.25) is 5.02 Å². The monoisotopic (exact) mass is 545 g/mol. The van der Waals surface area contributed by atoms with Gasteiger partial charge in [-0.15, -0.1) is 11.3 Å². The van der Waals surface area contributed by atoms with E-state index in [4.69, 9.17) is 11.6 Å². The maximum Gasteiger partial charge on any atom is 0.272 e. The molecular formula is C31H32ClN3O2S. The van der Waals surface area contributed by atoms with E-state index in [1.807, 2.05) is 60.7 Å². The molecule has 196 valence electrons. The number of benzene rings is 2. The van der Waals surface area contributed by atoms with E-state index in [1.54, 1.807) is 16.2 Å². The van der Waals surface area contributed by atoms with Crippen LogP contribution in [0.15, 0.2) is 66.7 Å². The minimum atomic E-state index is -1.19. The predicted octanol–water partition coefficient (Wildman–Crippen LogP) is 6.92. The summed E-state index contributed by atoms with van der Waals surface area (Å²) in [6, 6.07) is 21.7. The van der Waals surface area contributed by atoms with Crippen molar-refractivity contribution in [3.05, 3.63) is 93.5 Å². The molecule has 0 radical (unpaired) electrons. The molecule has 5 nitrogen and oxygen atoms in total. The van der Waals surface area contributed by atoms with Gasteiger partial charge in [0.15, 0.2) is 5.54 Å². The number of nitrogens with one attached hydrogen (secondary N) is 1. The van der Waals surface area contributed by atoms with Crippen molar-refractivity contribution in [2.45, 2.75) is 70.1 Å². The molecule has 0 unspecified atom stereocenters. The lowest BCUT2D eigenvalue weighted by Gasteiger charge is -2.47. The van der Waals surface area contributed by atoms with Crippen molar-refractivity contribution < 1.29 is 9.59 Å². The number of nitrogens with zero attached hydrogens (tertiary/aromatic N) is 2. The Morgan fingerprint density at radius 2 is 1.79 bits per heavy atom. The fourth-order valence-electron chi connectivity index (χ4n) is 6.06. The molecule has 1 aliphatic heterocycles. The van der Waals surface area contributed by atoms with Crippen LogP contribution in [-0.4, -0.2) is 27.3 Å². The molecule has 0 spiro atoms. The summed E-state index contributed by atoms with van der Waals surface area (Å²) in [7, 11) is 0. The quantitative estimate of drug-likeness (QED) is 0.286. The molecule has 2 aromatic carbocycles. The molecule has 3 heterocycles. The molecule has 0 saturated heterocycles. The van der Waals surface area contributed by atoms with Gasteiger partial charge in [-0.3, -0.25) is 9.59 Å². The maximum absolute atomic E-state index is 14.6. The number of hydrogen-bond acceptors (Lipinski definition) is 3. The average molecular weight is 546 g/mol. The van der Waals surface area contributed by atoms with E-state index in [0.29, 0.717) is 23.8 Å². The normalized spacial score (nSPS) is 20.1. The van der Waals surface area contributed by atoms with Crippen LogP contribution in [0.4, 0.5) is 0 Å². The molecule has 0 bridgehead atoms. The van der Waals surface area contributed by atoms with Crippen LogP contribution in [0.1, 0.15) is 65.5 Å². The summed E-state index contributed by atoms with van der Waals surface area (Å²) in [5, 5.41) is 4.04. The first-order valence-electron chi connectivity index (χ1n) is 13.5. The molecule has 1 fully saturated rings. The summed E-state index contributed by atoms with van der Waals surface area (Å²) >= 11 is 7.90. The van der Waals surface area contributed by atoms with Crippen LogP contribution in [-0.2, 0) is 29.8 Å². The molecule has 7 heteroatoms. The number of aromatic nitrogens is 1. The van der Waals surface area contributed by atoms with Crippen LogP contribution in [0.5, 0.6) is 0 Å². The Bertz CT molecular complexity index is 1470. The van der Waals surface area contributed by atoms with Crippen LogP contribution in [0, 0.1) is 0 Å². The molecular weight excluding hydrogens is 514 g/mol. The Morgan fingerprint density at radius 1 is 1.05 bits per heavy atom. The molecule has 1 aliphatic carbocycles. The highest BCUT2D eigenvalue weighted by molar-refractivity contribution is 7.19. The van der Waals surface area contributed by atoms with Gasteiger partial charge in [0.2, 0.25) is 0 Å². The summed E-state index contributed by atoms with van der Waals surface area (Å²) in [5.41, 5.74) is 2.24. The number of fused-ring (bicyclic) bond motifs is 3. The van der Waals surface area contributed by atoms with Gasteiger partial charge in [-0.2, -0.15) is 0 Å². The van der Waals surface area contributed by atoms with Crippen LogP contribution >= 0.6 is 22.9 Å². The topological polar surface area (TPSA) is 54.3 Å². The zero-order chi connectivity index (χ0) is 26.3. The van der Waals surface area contributed by atoms with Gasteiger partial charge >= 0.3 is 0 Å². The lowest BCUT2D eigenvalue weighted by molar-refractivity contribution is -0.136. The maximum atomic E-state index is 14.6. The largest absolute Gasteiger partial charge is 0.351 e. The van der Waals surface area contributed by atoms with E-state index in [2.05, 4.69) is 22.9 Å². The molecule has 38 heavy (non-hydrogen) atoms. The van der Waals surface area contributed by atoms with Crippen LogP contribution < -0.4 is 5.32 Å². The van der Waals surface area contributed by atoms with Gasteiger partial charge in [-0.1, -0.05) is 80.3 Å². The average Bonchev–Trinajstić information content (AvgIpc) is 3.50. The zero-order valence-corrected chi connectivity index (χ0v) is 23.2. The second-order valence-electron chi connectivity index (χ2n) is 10.5. The predicted molar refractivity (Wildman–Crippen MR) is 154 cm³/mol. The number of rotatable bonds is 6. The van der Waals surface area contributed by atoms with Gasteiger partial charge in [-0.05, 0) is 54.7 Å². The van der Waals surface area contributed by atoms with Gasteiger partial charge in [0.25, 0.3) is 11.8 Å². The third-order valence-corrected chi connectivity index (χ3v) is 9.59. The fourth-order valence-corrected chi connectivity index (χ4v) is 7.23. The second kappa shape index (κ2) is 10.2. The summed E-state index contributed by atoms with van der Waals surface area (Å²) in [5.74, 6) is -0.230. The van der Waals surface area contributed by atoms with E-state index >= 15 is 0 Å². The molecule has 1 N–H and O–H groups in total. The Hall–Kier alpha value is -3.09. The first-order chi connectivity index (χ1) is 18.5. The van der Waals surface area contributed by atoms with Crippen molar-refractivity contribution >= 4 is 45.0 Å². The van der Waals surface area contributed by atoms with Crippen molar-refractivity contribution in [1.82, 2.24) is 14.8 Å². The summed E-state index contributed by atoms with van der Waals surface area (Å²) in [6.45, 7) is 2.82. The number of aryl methyl sites for hydroxylation is 1. The highest BCUT2D eigenvalue weighted by Crippen LogP contribution is 2.42. The molecule has 6 rings (SSSR count). The molecule has 2 aliphatic rings. The van der Waals surface area contributed by atoms with Crippen LogP contribution in [0.25, 0.3) is 10.2 Å². The summed E-state index contributed by atoms with van der Waals surface area (Å²) < 4.78 is 3.17. The van der Waals surface area contributed by atoms with Gasteiger partial charge in [0, 0.05) is 22.5 Å². The smallest absolute Gasteiger partial charge is 0.272 e. The minimum absolute atomic E-state index is 0.101. The van der Waals surface area contributed by atoms with Crippen molar-refractivity contribution in [2.75, 3.05) is 0 Å². The third-order valence-electron chi connectivity index (χ3n) is 8.12.